The van der Waals surface area contributed by atoms with Gasteiger partial charge >= 0.3 is 5.97 Å². The van der Waals surface area contributed by atoms with Crippen molar-refractivity contribution in [2.45, 2.75) is 0 Å². The number of phenols is 1. The molecule has 0 aliphatic rings. The lowest BCUT2D eigenvalue weighted by Gasteiger charge is -1.98. The molecular formula is C9H6O5. The number of furan rings is 1. The molecule has 0 spiro atoms. The van der Waals surface area contributed by atoms with Crippen LogP contribution in [0.25, 0.3) is 11.0 Å². The summed E-state index contributed by atoms with van der Waals surface area (Å²) in [5.41, 5.74) is -0.377. The van der Waals surface area contributed by atoms with Crippen LogP contribution in [-0.2, 0) is 0 Å². The summed E-state index contributed by atoms with van der Waals surface area (Å²) < 4.78 is 4.83. The highest BCUT2D eigenvalue weighted by molar-refractivity contribution is 6.05. The number of benzene rings is 1. The maximum Gasteiger partial charge on any atom is 0.343 e. The summed E-state index contributed by atoms with van der Waals surface area (Å²) in [6, 6.07) is 2.58. The fourth-order valence-corrected chi connectivity index (χ4v) is 1.28. The number of rotatable bonds is 1. The molecule has 2 rings (SSSR count). The molecule has 0 aliphatic heterocycles. The zero-order valence-electron chi connectivity index (χ0n) is 6.89. The second kappa shape index (κ2) is 2.66. The van der Waals surface area contributed by atoms with Crippen molar-refractivity contribution in [1.82, 2.24) is 0 Å². The first-order valence-electron chi connectivity index (χ1n) is 3.76. The van der Waals surface area contributed by atoms with Gasteiger partial charge in [0.2, 0.25) is 0 Å². The Hall–Kier alpha value is -2.17. The SMILES string of the molecule is O=C(O)c1c(O)ccc2c(O)coc12. The molecule has 0 aliphatic carbocycles. The minimum absolute atomic E-state index is 0.0324. The molecule has 0 atom stereocenters. The van der Waals surface area contributed by atoms with Gasteiger partial charge in [-0.15, -0.1) is 0 Å². The highest BCUT2D eigenvalue weighted by Gasteiger charge is 2.18. The number of hydrogen-bond acceptors (Lipinski definition) is 4. The van der Waals surface area contributed by atoms with Crippen LogP contribution in [-0.4, -0.2) is 21.3 Å². The van der Waals surface area contributed by atoms with Gasteiger partial charge in [0.05, 0.1) is 5.39 Å². The van der Waals surface area contributed by atoms with E-state index in [0.717, 1.165) is 6.26 Å². The molecule has 0 unspecified atom stereocenters. The van der Waals surface area contributed by atoms with Gasteiger partial charge in [0.15, 0.2) is 11.3 Å². The van der Waals surface area contributed by atoms with Crippen molar-refractivity contribution in [3.63, 3.8) is 0 Å². The second-order valence-electron chi connectivity index (χ2n) is 2.76. The van der Waals surface area contributed by atoms with Crippen molar-refractivity contribution < 1.29 is 24.5 Å². The van der Waals surface area contributed by atoms with E-state index in [4.69, 9.17) is 9.52 Å². The van der Waals surface area contributed by atoms with Crippen LogP contribution < -0.4 is 0 Å². The molecule has 0 saturated carbocycles. The van der Waals surface area contributed by atoms with E-state index in [-0.39, 0.29) is 28.0 Å². The average molecular weight is 194 g/mol. The Bertz CT molecular complexity index is 511. The van der Waals surface area contributed by atoms with Crippen LogP contribution in [0.15, 0.2) is 22.8 Å². The van der Waals surface area contributed by atoms with Gasteiger partial charge < -0.3 is 19.7 Å². The smallest absolute Gasteiger partial charge is 0.343 e. The maximum atomic E-state index is 10.7. The van der Waals surface area contributed by atoms with Gasteiger partial charge in [-0.2, -0.15) is 0 Å². The topological polar surface area (TPSA) is 90.9 Å². The Morgan fingerprint density at radius 2 is 1.93 bits per heavy atom. The van der Waals surface area contributed by atoms with Crippen molar-refractivity contribution >= 4 is 16.9 Å². The minimum atomic E-state index is -1.30. The van der Waals surface area contributed by atoms with E-state index in [1.165, 1.54) is 12.1 Å². The fourth-order valence-electron chi connectivity index (χ4n) is 1.28. The molecule has 2 aromatic rings. The molecule has 0 amide bonds. The number of carbonyl (C=O) groups is 1. The lowest BCUT2D eigenvalue weighted by Crippen LogP contribution is -1.96. The van der Waals surface area contributed by atoms with E-state index in [2.05, 4.69) is 0 Å². The zero-order chi connectivity index (χ0) is 10.3. The molecule has 0 bridgehead atoms. The number of hydrogen-bond donors (Lipinski definition) is 3. The summed E-state index contributed by atoms with van der Waals surface area (Å²) in [7, 11) is 0. The Morgan fingerprint density at radius 3 is 2.57 bits per heavy atom. The van der Waals surface area contributed by atoms with Crippen molar-refractivity contribution in [3.8, 4) is 11.5 Å². The molecule has 0 radical (unpaired) electrons. The molecule has 1 aromatic carbocycles. The van der Waals surface area contributed by atoms with E-state index < -0.39 is 5.97 Å². The van der Waals surface area contributed by atoms with E-state index in [1.54, 1.807) is 0 Å². The summed E-state index contributed by atoms with van der Waals surface area (Å²) in [6.07, 6.45) is 1.02. The highest BCUT2D eigenvalue weighted by atomic mass is 16.4. The summed E-state index contributed by atoms with van der Waals surface area (Å²) in [5.74, 6) is -1.84. The molecule has 14 heavy (non-hydrogen) atoms. The van der Waals surface area contributed by atoms with Gasteiger partial charge in [-0.25, -0.2) is 4.79 Å². The summed E-state index contributed by atoms with van der Waals surface area (Å²) >= 11 is 0. The quantitative estimate of drug-likeness (QED) is 0.640. The molecular weight excluding hydrogens is 188 g/mol. The molecule has 0 saturated heterocycles. The van der Waals surface area contributed by atoms with Gasteiger partial charge in [0.25, 0.3) is 0 Å². The molecule has 72 valence electrons. The van der Waals surface area contributed by atoms with Gasteiger partial charge in [0, 0.05) is 0 Å². The zero-order valence-corrected chi connectivity index (χ0v) is 6.89. The Kier molecular flexibility index (Phi) is 1.60. The molecule has 5 heteroatoms. The number of aromatic hydroxyl groups is 2. The van der Waals surface area contributed by atoms with Crippen molar-refractivity contribution in [2.24, 2.45) is 0 Å². The molecule has 5 nitrogen and oxygen atoms in total. The normalized spacial score (nSPS) is 10.6. The predicted molar refractivity (Wildman–Crippen MR) is 46.5 cm³/mol. The van der Waals surface area contributed by atoms with E-state index in [1.807, 2.05) is 0 Å². The third-order valence-corrected chi connectivity index (χ3v) is 1.91. The fraction of sp³-hybridized carbons (Fsp3) is 0. The van der Waals surface area contributed by atoms with E-state index in [9.17, 15) is 15.0 Å². The monoisotopic (exact) mass is 194 g/mol. The van der Waals surface area contributed by atoms with Crippen LogP contribution in [0.1, 0.15) is 10.4 Å². The Labute approximate surface area is 77.8 Å². The summed E-state index contributed by atoms with van der Waals surface area (Å²) in [5, 5.41) is 27.5. The Balaban J connectivity index is 2.90. The number of carboxylic acid groups (broad SMARTS) is 1. The first-order chi connectivity index (χ1) is 6.61. The standard InChI is InChI=1S/C9H6O5/c10-5-2-1-4-6(11)3-14-8(4)7(5)9(12)13/h1-3,10-11H,(H,12,13). The van der Waals surface area contributed by atoms with Crippen LogP contribution in [0.5, 0.6) is 11.5 Å². The summed E-state index contributed by atoms with van der Waals surface area (Å²) in [6.45, 7) is 0. The van der Waals surface area contributed by atoms with Gasteiger partial charge in [-0.05, 0) is 12.1 Å². The average Bonchev–Trinajstić information content (AvgIpc) is 2.47. The number of carboxylic acids is 1. The third kappa shape index (κ3) is 0.990. The van der Waals surface area contributed by atoms with Crippen LogP contribution in [0.4, 0.5) is 0 Å². The predicted octanol–water partition coefficient (Wildman–Crippen LogP) is 1.54. The molecule has 3 N–H and O–H groups in total. The Morgan fingerprint density at radius 1 is 1.21 bits per heavy atom. The largest absolute Gasteiger partial charge is 0.507 e. The number of aromatic carboxylic acids is 1. The second-order valence-corrected chi connectivity index (χ2v) is 2.76. The van der Waals surface area contributed by atoms with Crippen LogP contribution >= 0.6 is 0 Å². The highest BCUT2D eigenvalue weighted by Crippen LogP contribution is 2.33. The first kappa shape index (κ1) is 8.43. The molecule has 1 heterocycles. The van der Waals surface area contributed by atoms with E-state index >= 15 is 0 Å². The summed E-state index contributed by atoms with van der Waals surface area (Å²) in [4.78, 5) is 10.7. The van der Waals surface area contributed by atoms with Crippen molar-refractivity contribution in [2.75, 3.05) is 0 Å². The van der Waals surface area contributed by atoms with E-state index in [0.29, 0.717) is 0 Å². The lowest BCUT2D eigenvalue weighted by molar-refractivity contribution is 0.0695. The van der Waals surface area contributed by atoms with Crippen LogP contribution in [0, 0.1) is 0 Å². The van der Waals surface area contributed by atoms with Crippen LogP contribution in [0.2, 0.25) is 0 Å². The minimum Gasteiger partial charge on any atom is -0.507 e. The van der Waals surface area contributed by atoms with Crippen molar-refractivity contribution in [1.29, 1.82) is 0 Å². The molecule has 1 aromatic heterocycles. The van der Waals surface area contributed by atoms with Crippen LogP contribution in [0.3, 0.4) is 0 Å². The molecule has 0 fully saturated rings. The van der Waals surface area contributed by atoms with Gasteiger partial charge in [0.1, 0.15) is 17.6 Å². The number of fused-ring (bicyclic) bond motifs is 1. The van der Waals surface area contributed by atoms with Gasteiger partial charge in [-0.1, -0.05) is 0 Å². The first-order valence-corrected chi connectivity index (χ1v) is 3.76. The lowest BCUT2D eigenvalue weighted by atomic mass is 10.1. The van der Waals surface area contributed by atoms with Crippen molar-refractivity contribution in [3.05, 3.63) is 24.0 Å². The maximum absolute atomic E-state index is 10.7. The third-order valence-electron chi connectivity index (χ3n) is 1.91. The van der Waals surface area contributed by atoms with Gasteiger partial charge in [-0.3, -0.25) is 0 Å².